The highest BCUT2D eigenvalue weighted by molar-refractivity contribution is 6.23. The molecule has 6 amide bonds. The maximum Gasteiger partial charge on any atom is 0.415 e. The Morgan fingerprint density at radius 1 is 0.889 bits per heavy atom. The quantitative estimate of drug-likeness (QED) is 0.254. The van der Waals surface area contributed by atoms with Crippen molar-refractivity contribution in [3.63, 3.8) is 0 Å². The molecule has 326 valence electrons. The zero-order chi connectivity index (χ0) is 44.2. The monoisotopic (exact) mass is 856 g/mol. The average Bonchev–Trinajstić information content (AvgIpc) is 3.51. The van der Waals surface area contributed by atoms with Crippen LogP contribution in [0.15, 0.2) is 54.9 Å². The average molecular weight is 857 g/mol. The smallest absolute Gasteiger partial charge is 0.415 e. The summed E-state index contributed by atoms with van der Waals surface area (Å²) < 4.78 is 11.5. The van der Waals surface area contributed by atoms with Crippen LogP contribution in [0.1, 0.15) is 76.7 Å². The van der Waals surface area contributed by atoms with Crippen molar-refractivity contribution in [2.24, 2.45) is 0 Å². The van der Waals surface area contributed by atoms with E-state index in [4.69, 9.17) is 14.5 Å². The van der Waals surface area contributed by atoms with Gasteiger partial charge in [0.05, 0.1) is 48.2 Å². The van der Waals surface area contributed by atoms with Crippen LogP contribution in [0.2, 0.25) is 0 Å². The van der Waals surface area contributed by atoms with E-state index >= 15 is 0 Å². The SMILES string of the molecule is Cc1c(N2CCc3cnc(Nc4ccc(CC(=O)N5CCN(c6ccc7c(c6)C(=O)N(C6CCC(=O)NC6=O)C7=O)CC5)cc4)nc3C2)cnc2c1N(C(=O)OC(C)(C)C)CCO2. The molecule has 2 aromatic carbocycles. The second-order valence-corrected chi connectivity index (χ2v) is 17.3. The minimum Gasteiger partial charge on any atom is -0.474 e. The first-order valence-electron chi connectivity index (χ1n) is 21.2. The number of piperazine rings is 1. The Morgan fingerprint density at radius 2 is 1.65 bits per heavy atom. The van der Waals surface area contributed by atoms with E-state index in [1.54, 1.807) is 29.3 Å². The van der Waals surface area contributed by atoms with Crippen LogP contribution in [-0.2, 0) is 38.5 Å². The molecule has 0 saturated carbocycles. The van der Waals surface area contributed by atoms with Crippen molar-refractivity contribution in [3.8, 4) is 5.88 Å². The van der Waals surface area contributed by atoms with E-state index < -0.39 is 41.4 Å². The minimum atomic E-state index is -1.02. The van der Waals surface area contributed by atoms with Gasteiger partial charge in [0.15, 0.2) is 0 Å². The number of hydrogen-bond acceptors (Lipinski definition) is 14. The van der Waals surface area contributed by atoms with Gasteiger partial charge in [0, 0.05) is 62.3 Å². The van der Waals surface area contributed by atoms with E-state index in [0.717, 1.165) is 57.3 Å². The number of imide groups is 2. The Bertz CT molecular complexity index is 2550. The molecule has 9 rings (SSSR count). The zero-order valence-corrected chi connectivity index (χ0v) is 35.6. The Balaban J connectivity index is 0.789. The van der Waals surface area contributed by atoms with E-state index in [-0.39, 0.29) is 36.3 Å². The van der Waals surface area contributed by atoms with Gasteiger partial charge in [-0.05, 0) is 82.0 Å². The number of nitrogens with one attached hydrogen (secondary N) is 2. The number of ether oxygens (including phenoxy) is 2. The molecule has 0 bridgehead atoms. The van der Waals surface area contributed by atoms with Gasteiger partial charge >= 0.3 is 6.09 Å². The summed E-state index contributed by atoms with van der Waals surface area (Å²) in [5, 5.41) is 5.52. The molecule has 2 N–H and O–H groups in total. The number of anilines is 5. The van der Waals surface area contributed by atoms with Gasteiger partial charge in [-0.15, -0.1) is 0 Å². The van der Waals surface area contributed by atoms with Crippen LogP contribution >= 0.6 is 0 Å². The first-order valence-corrected chi connectivity index (χ1v) is 21.2. The summed E-state index contributed by atoms with van der Waals surface area (Å²) in [6.07, 6.45) is 4.33. The molecule has 0 radical (unpaired) electrons. The number of pyridine rings is 1. The highest BCUT2D eigenvalue weighted by atomic mass is 16.6. The second kappa shape index (κ2) is 16.3. The van der Waals surface area contributed by atoms with Crippen LogP contribution in [0.4, 0.5) is 33.5 Å². The van der Waals surface area contributed by atoms with E-state index in [1.807, 2.05) is 63.1 Å². The van der Waals surface area contributed by atoms with Gasteiger partial charge < -0.3 is 29.5 Å². The Morgan fingerprint density at radius 3 is 2.40 bits per heavy atom. The molecular weight excluding hydrogens is 809 g/mol. The molecule has 2 saturated heterocycles. The summed E-state index contributed by atoms with van der Waals surface area (Å²) in [5.74, 6) is -1.30. The highest BCUT2D eigenvalue weighted by Crippen LogP contribution is 2.40. The normalized spacial score (nSPS) is 18.7. The number of aromatic nitrogens is 3. The maximum absolute atomic E-state index is 13.4. The summed E-state index contributed by atoms with van der Waals surface area (Å²) >= 11 is 0. The summed E-state index contributed by atoms with van der Waals surface area (Å²) in [4.78, 5) is 99.8. The lowest BCUT2D eigenvalue weighted by Gasteiger charge is -2.36. The van der Waals surface area contributed by atoms with Crippen molar-refractivity contribution in [1.82, 2.24) is 30.1 Å². The molecule has 5 aliphatic heterocycles. The van der Waals surface area contributed by atoms with Gasteiger partial charge in [0.25, 0.3) is 11.8 Å². The second-order valence-electron chi connectivity index (χ2n) is 17.3. The predicted molar refractivity (Wildman–Crippen MR) is 230 cm³/mol. The molecule has 0 spiro atoms. The Kier molecular flexibility index (Phi) is 10.7. The van der Waals surface area contributed by atoms with E-state index in [0.29, 0.717) is 63.4 Å². The van der Waals surface area contributed by atoms with Crippen molar-refractivity contribution >= 4 is 64.3 Å². The molecule has 1 unspecified atom stereocenters. The molecule has 7 heterocycles. The summed E-state index contributed by atoms with van der Waals surface area (Å²) in [6.45, 7) is 11.5. The zero-order valence-electron chi connectivity index (χ0n) is 35.6. The fourth-order valence-corrected chi connectivity index (χ4v) is 8.71. The van der Waals surface area contributed by atoms with E-state index in [9.17, 15) is 28.8 Å². The molecule has 63 heavy (non-hydrogen) atoms. The lowest BCUT2D eigenvalue weighted by Crippen LogP contribution is -2.54. The van der Waals surface area contributed by atoms with Crippen molar-refractivity contribution in [2.45, 2.75) is 71.6 Å². The number of hydrogen-bond donors (Lipinski definition) is 2. The Labute approximate surface area is 363 Å². The van der Waals surface area contributed by atoms with Crippen LogP contribution in [0.5, 0.6) is 5.88 Å². The van der Waals surface area contributed by atoms with Gasteiger partial charge in [-0.2, -0.15) is 0 Å². The number of rotatable bonds is 7. The molecule has 18 heteroatoms. The highest BCUT2D eigenvalue weighted by Gasteiger charge is 2.45. The summed E-state index contributed by atoms with van der Waals surface area (Å²) in [5.41, 5.74) is 6.52. The van der Waals surface area contributed by atoms with E-state index in [1.165, 1.54) is 0 Å². The number of carbonyl (C=O) groups excluding carboxylic acids is 6. The summed E-state index contributed by atoms with van der Waals surface area (Å²) in [6, 6.07) is 11.7. The number of amides is 6. The lowest BCUT2D eigenvalue weighted by atomic mass is 10.0. The standard InChI is InChI=1S/C45H48N10O8/c1-26-35(24-46-40-38(26)54(19-20-62-40)44(61)63-45(2,3)4)53-14-13-28-23-47-43(49-33(28)25-53)48-29-7-5-27(6-8-29)21-37(57)52-17-15-51(16-18-52)30-9-10-31-32(22-30)42(60)55(41(31)59)34-11-12-36(56)50-39(34)58/h5-10,22-24,34H,11-21,25H2,1-4H3,(H,47,48,49)(H,50,56,58). The first-order chi connectivity index (χ1) is 30.2. The van der Waals surface area contributed by atoms with Crippen LogP contribution < -0.4 is 30.1 Å². The maximum atomic E-state index is 13.4. The van der Waals surface area contributed by atoms with Crippen LogP contribution in [-0.4, -0.2) is 118 Å². The molecule has 18 nitrogen and oxygen atoms in total. The number of piperidine rings is 1. The number of fused-ring (bicyclic) bond motifs is 3. The fraction of sp³-hybridized carbons (Fsp3) is 0.400. The van der Waals surface area contributed by atoms with E-state index in [2.05, 4.69) is 30.4 Å². The molecule has 1 atom stereocenters. The predicted octanol–water partition coefficient (Wildman–Crippen LogP) is 3.91. The third kappa shape index (κ3) is 8.19. The van der Waals surface area contributed by atoms with Crippen LogP contribution in [0.3, 0.4) is 0 Å². The molecule has 2 fully saturated rings. The van der Waals surface area contributed by atoms with Gasteiger partial charge in [0.2, 0.25) is 29.5 Å². The fourth-order valence-electron chi connectivity index (χ4n) is 8.71. The van der Waals surface area contributed by atoms with Gasteiger partial charge in [-0.1, -0.05) is 12.1 Å². The van der Waals surface area contributed by atoms with Crippen LogP contribution in [0, 0.1) is 6.92 Å². The number of nitrogens with zero attached hydrogens (tertiary/aromatic N) is 8. The first kappa shape index (κ1) is 41.3. The molecule has 4 aromatic rings. The number of carbonyl (C=O) groups is 6. The third-order valence-corrected chi connectivity index (χ3v) is 12.0. The molecular formula is C45H48N10O8. The van der Waals surface area contributed by atoms with Gasteiger partial charge in [-0.25, -0.2) is 19.7 Å². The molecule has 5 aliphatic rings. The Hall–Kier alpha value is -7.11. The van der Waals surface area contributed by atoms with Crippen molar-refractivity contribution in [3.05, 3.63) is 88.4 Å². The topological polar surface area (TPSA) is 200 Å². The molecule has 0 aliphatic carbocycles. The number of benzene rings is 2. The lowest BCUT2D eigenvalue weighted by molar-refractivity contribution is -0.136. The largest absolute Gasteiger partial charge is 0.474 e. The summed E-state index contributed by atoms with van der Waals surface area (Å²) in [7, 11) is 0. The van der Waals surface area contributed by atoms with Crippen molar-refractivity contribution in [2.75, 3.05) is 65.9 Å². The van der Waals surface area contributed by atoms with Gasteiger partial charge in [-0.3, -0.25) is 39.1 Å². The van der Waals surface area contributed by atoms with Crippen molar-refractivity contribution < 1.29 is 38.2 Å². The minimum absolute atomic E-state index is 0.00183. The molecule has 2 aromatic heterocycles. The van der Waals surface area contributed by atoms with Crippen LogP contribution in [0.25, 0.3) is 0 Å². The van der Waals surface area contributed by atoms with Gasteiger partial charge in [0.1, 0.15) is 23.9 Å². The van der Waals surface area contributed by atoms with Crippen molar-refractivity contribution in [1.29, 1.82) is 0 Å². The third-order valence-electron chi connectivity index (χ3n) is 12.0.